The van der Waals surface area contributed by atoms with Crippen LogP contribution < -0.4 is 62.0 Å². The zero-order valence-corrected chi connectivity index (χ0v) is 23.0. The summed E-state index contributed by atoms with van der Waals surface area (Å²) in [6, 6.07) is 4.78. The quantitative estimate of drug-likeness (QED) is 0.223. The maximum Gasteiger partial charge on any atom is 1.00 e. The van der Waals surface area contributed by atoms with Crippen molar-refractivity contribution < 1.29 is 64.4 Å². The standard InChI is InChI=1S/C23H40N2O3S.K/c1-2-3-4-5-6-7-8-9-10-11-12-13-14-15-19-22-24-20-17-16-18-21(23(20)25-22)29(26,27)28;/h16-18,22,24-25H,2-15,19H2,1H3,(H,26,27,28);/q;+1/p-1. The molecule has 1 atom stereocenters. The molecule has 0 saturated heterocycles. The maximum absolute atomic E-state index is 11.4. The topological polar surface area (TPSA) is 81.3 Å². The Kier molecular flexibility index (Phi) is 15.2. The number of rotatable bonds is 16. The Balaban J connectivity index is 0.00000450. The van der Waals surface area contributed by atoms with E-state index in [1.807, 2.05) is 6.07 Å². The second-order valence-corrected chi connectivity index (χ2v) is 9.71. The Hall–Kier alpha value is 0.366. The number of benzene rings is 1. The van der Waals surface area contributed by atoms with Gasteiger partial charge in [0.1, 0.15) is 10.1 Å². The van der Waals surface area contributed by atoms with Gasteiger partial charge >= 0.3 is 51.4 Å². The van der Waals surface area contributed by atoms with Gasteiger partial charge in [0.15, 0.2) is 0 Å². The van der Waals surface area contributed by atoms with E-state index in [4.69, 9.17) is 0 Å². The number of hydrogen-bond donors (Lipinski definition) is 2. The van der Waals surface area contributed by atoms with E-state index in [1.54, 1.807) is 6.07 Å². The van der Waals surface area contributed by atoms with E-state index >= 15 is 0 Å². The van der Waals surface area contributed by atoms with Crippen LogP contribution in [0.4, 0.5) is 11.4 Å². The summed E-state index contributed by atoms with van der Waals surface area (Å²) >= 11 is 0. The molecule has 0 saturated carbocycles. The second kappa shape index (κ2) is 16.1. The second-order valence-electron chi connectivity index (χ2n) is 8.36. The molecule has 7 heteroatoms. The molecule has 0 aromatic heterocycles. The molecule has 1 heterocycles. The molecule has 0 bridgehead atoms. The van der Waals surface area contributed by atoms with Gasteiger partial charge in [-0.25, -0.2) is 8.42 Å². The Labute approximate surface area is 226 Å². The molecule has 0 fully saturated rings. The summed E-state index contributed by atoms with van der Waals surface area (Å²) in [5.74, 6) is 0. The van der Waals surface area contributed by atoms with Crippen LogP contribution in [0.3, 0.4) is 0 Å². The van der Waals surface area contributed by atoms with Gasteiger partial charge in [0.2, 0.25) is 0 Å². The maximum atomic E-state index is 11.4. The first-order chi connectivity index (χ1) is 14.0. The van der Waals surface area contributed by atoms with Crippen molar-refractivity contribution in [1.82, 2.24) is 0 Å². The Morgan fingerprint density at radius 3 is 1.80 bits per heavy atom. The first-order valence-electron chi connectivity index (χ1n) is 11.6. The van der Waals surface area contributed by atoms with Crippen LogP contribution in [0.2, 0.25) is 0 Å². The number of nitrogens with one attached hydrogen (secondary N) is 2. The van der Waals surface area contributed by atoms with Crippen molar-refractivity contribution in [1.29, 1.82) is 0 Å². The van der Waals surface area contributed by atoms with Gasteiger partial charge in [-0.05, 0) is 25.0 Å². The molecule has 2 N–H and O–H groups in total. The summed E-state index contributed by atoms with van der Waals surface area (Å²) in [7, 11) is -4.45. The minimum Gasteiger partial charge on any atom is -0.744 e. The third-order valence-electron chi connectivity index (χ3n) is 5.79. The number of fused-ring (bicyclic) bond motifs is 1. The van der Waals surface area contributed by atoms with E-state index in [0.29, 0.717) is 11.4 Å². The third kappa shape index (κ3) is 10.8. The van der Waals surface area contributed by atoms with Gasteiger partial charge in [0.25, 0.3) is 0 Å². The number of hydrogen-bond acceptors (Lipinski definition) is 5. The Bertz CT molecular complexity index is 698. The van der Waals surface area contributed by atoms with Gasteiger partial charge in [-0.2, -0.15) is 0 Å². The van der Waals surface area contributed by atoms with Crippen molar-refractivity contribution >= 4 is 21.5 Å². The van der Waals surface area contributed by atoms with Crippen LogP contribution in [-0.4, -0.2) is 19.1 Å². The molecule has 0 aliphatic carbocycles. The van der Waals surface area contributed by atoms with Gasteiger partial charge in [0.05, 0.1) is 22.4 Å². The molecule has 1 aromatic carbocycles. The summed E-state index contributed by atoms with van der Waals surface area (Å²) in [6.07, 6.45) is 19.6. The summed E-state index contributed by atoms with van der Waals surface area (Å²) in [5.41, 5.74) is 1.13. The van der Waals surface area contributed by atoms with Gasteiger partial charge < -0.3 is 15.2 Å². The number of anilines is 2. The first-order valence-corrected chi connectivity index (χ1v) is 13.0. The zero-order valence-electron chi connectivity index (χ0n) is 19.0. The molecule has 0 radical (unpaired) electrons. The van der Waals surface area contributed by atoms with Crippen LogP contribution >= 0.6 is 0 Å². The number of unbranched alkanes of at least 4 members (excludes halogenated alkanes) is 13. The van der Waals surface area contributed by atoms with Crippen molar-refractivity contribution in [3.63, 3.8) is 0 Å². The van der Waals surface area contributed by atoms with Crippen molar-refractivity contribution in [3.8, 4) is 0 Å². The van der Waals surface area contributed by atoms with E-state index < -0.39 is 10.1 Å². The fourth-order valence-electron chi connectivity index (χ4n) is 4.09. The van der Waals surface area contributed by atoms with Crippen LogP contribution in [0.25, 0.3) is 0 Å². The number of para-hydroxylation sites is 1. The largest absolute Gasteiger partial charge is 1.00 e. The molecule has 0 amide bonds. The van der Waals surface area contributed by atoms with E-state index in [2.05, 4.69) is 17.6 Å². The Morgan fingerprint density at radius 2 is 1.30 bits per heavy atom. The van der Waals surface area contributed by atoms with Crippen molar-refractivity contribution in [2.45, 2.75) is 114 Å². The summed E-state index contributed by atoms with van der Waals surface area (Å²) in [4.78, 5) is -0.161. The third-order valence-corrected chi connectivity index (χ3v) is 6.67. The fourth-order valence-corrected chi connectivity index (χ4v) is 4.76. The first kappa shape index (κ1) is 28.4. The normalized spacial score (nSPS) is 15.2. The van der Waals surface area contributed by atoms with E-state index in [9.17, 15) is 13.0 Å². The smallest absolute Gasteiger partial charge is 0.744 e. The van der Waals surface area contributed by atoms with Crippen LogP contribution in [-0.2, 0) is 10.1 Å². The predicted octanol–water partition coefficient (Wildman–Crippen LogP) is 3.63. The summed E-state index contributed by atoms with van der Waals surface area (Å²) in [6.45, 7) is 2.27. The molecule has 0 spiro atoms. The predicted molar refractivity (Wildman–Crippen MR) is 120 cm³/mol. The molecule has 1 aliphatic rings. The van der Waals surface area contributed by atoms with Gasteiger partial charge in [-0.1, -0.05) is 96.5 Å². The van der Waals surface area contributed by atoms with E-state index in [-0.39, 0.29) is 62.4 Å². The van der Waals surface area contributed by atoms with Crippen molar-refractivity contribution in [2.75, 3.05) is 10.6 Å². The molecular formula is C23H39KN2O3S. The molecule has 5 nitrogen and oxygen atoms in total. The SMILES string of the molecule is CCCCCCCCCCCCCCCCC1Nc2cccc(S(=O)(=O)[O-])c2N1.[K+]. The van der Waals surface area contributed by atoms with Crippen LogP contribution in [0, 0.1) is 0 Å². The minimum atomic E-state index is -4.45. The molecule has 166 valence electrons. The zero-order chi connectivity index (χ0) is 21.0. The van der Waals surface area contributed by atoms with Crippen LogP contribution in [0.5, 0.6) is 0 Å². The molecular weight excluding hydrogens is 423 g/mol. The Morgan fingerprint density at radius 1 is 0.800 bits per heavy atom. The molecule has 2 rings (SSSR count). The summed E-state index contributed by atoms with van der Waals surface area (Å²) in [5, 5.41) is 6.45. The van der Waals surface area contributed by atoms with Crippen LogP contribution in [0.15, 0.2) is 23.1 Å². The van der Waals surface area contributed by atoms with Gasteiger partial charge in [0, 0.05) is 0 Å². The van der Waals surface area contributed by atoms with Crippen molar-refractivity contribution in [2.24, 2.45) is 0 Å². The van der Waals surface area contributed by atoms with Crippen molar-refractivity contribution in [3.05, 3.63) is 18.2 Å². The van der Waals surface area contributed by atoms with Crippen LogP contribution in [0.1, 0.15) is 103 Å². The van der Waals surface area contributed by atoms with E-state index in [0.717, 1.165) is 12.8 Å². The van der Waals surface area contributed by atoms with Gasteiger partial charge in [-0.15, -0.1) is 0 Å². The average Bonchev–Trinajstić information content (AvgIpc) is 3.10. The van der Waals surface area contributed by atoms with E-state index in [1.165, 1.54) is 89.5 Å². The monoisotopic (exact) mass is 462 g/mol. The molecule has 1 aromatic rings. The minimum absolute atomic E-state index is 0. The molecule has 30 heavy (non-hydrogen) atoms. The molecule has 1 aliphatic heterocycles. The van der Waals surface area contributed by atoms with Gasteiger partial charge in [-0.3, -0.25) is 0 Å². The summed E-state index contributed by atoms with van der Waals surface area (Å²) < 4.78 is 34.1. The fraction of sp³-hybridized carbons (Fsp3) is 0.739. The molecule has 1 unspecified atom stereocenters. The average molecular weight is 463 g/mol.